The number of aryl methyl sites for hydroxylation is 3. The van der Waals surface area contributed by atoms with E-state index in [4.69, 9.17) is 9.72 Å². The van der Waals surface area contributed by atoms with Crippen LogP contribution in [0, 0.1) is 32.5 Å². The molecule has 224 valence electrons. The highest BCUT2D eigenvalue weighted by Crippen LogP contribution is 2.39. The smallest absolute Gasteiger partial charge is 0.224 e. The molecule has 5 rings (SSSR count). The molecule has 1 saturated carbocycles. The Morgan fingerprint density at radius 3 is 2.60 bits per heavy atom. The van der Waals surface area contributed by atoms with Gasteiger partial charge in [-0.25, -0.2) is 22.8 Å². The lowest BCUT2D eigenvalue weighted by Crippen LogP contribution is -2.36. The van der Waals surface area contributed by atoms with Gasteiger partial charge in [0.2, 0.25) is 5.95 Å². The molecule has 0 aliphatic heterocycles. The molecule has 14 heteroatoms. The van der Waals surface area contributed by atoms with Gasteiger partial charge in [0.25, 0.3) is 0 Å². The molecular weight excluding hydrogens is 583 g/mol. The molecule has 4 N–H and O–H groups in total. The highest BCUT2D eigenvalue weighted by Gasteiger charge is 2.44. The van der Waals surface area contributed by atoms with Gasteiger partial charge in [-0.3, -0.25) is 4.98 Å². The van der Waals surface area contributed by atoms with E-state index in [9.17, 15) is 23.0 Å². The van der Waals surface area contributed by atoms with Crippen LogP contribution in [-0.4, -0.2) is 82.8 Å². The molecule has 1 aromatic carbocycles. The molecule has 3 heterocycles. The SMILES string of the molecule is COCCNc1nc(C)c(-c2nc3c(C)nccc3s2)c(N[C@@H]2C[C@H](CS(=O)(=O)c3ccc(F)c(C)c3)[C@@H](O)[C@H]2O)n1. The van der Waals surface area contributed by atoms with E-state index in [-0.39, 0.29) is 16.9 Å². The van der Waals surface area contributed by atoms with Gasteiger partial charge in [-0.15, -0.1) is 11.3 Å². The number of aliphatic hydroxyl groups is 2. The molecule has 42 heavy (non-hydrogen) atoms. The minimum absolute atomic E-state index is 0.0272. The third kappa shape index (κ3) is 6.08. The molecular formula is C28H33FN6O5S2. The number of nitrogens with zero attached hydrogens (tertiary/aromatic N) is 4. The van der Waals surface area contributed by atoms with Gasteiger partial charge >= 0.3 is 0 Å². The van der Waals surface area contributed by atoms with E-state index >= 15 is 0 Å². The summed E-state index contributed by atoms with van der Waals surface area (Å²) in [5.74, 6) is -0.941. The summed E-state index contributed by atoms with van der Waals surface area (Å²) in [6, 6.07) is 4.78. The van der Waals surface area contributed by atoms with Crippen molar-refractivity contribution in [1.29, 1.82) is 0 Å². The molecule has 1 aliphatic carbocycles. The second-order valence-electron chi connectivity index (χ2n) is 10.5. The quantitative estimate of drug-likeness (QED) is 0.153. The molecule has 3 aromatic heterocycles. The molecule has 4 aromatic rings. The average molecular weight is 617 g/mol. The van der Waals surface area contributed by atoms with Crippen molar-refractivity contribution in [3.8, 4) is 10.6 Å². The summed E-state index contributed by atoms with van der Waals surface area (Å²) in [5, 5.41) is 28.9. The number of aromatic nitrogens is 4. The number of halogens is 1. The van der Waals surface area contributed by atoms with Gasteiger partial charge in [0.05, 0.1) is 51.1 Å². The number of hydrogen-bond acceptors (Lipinski definition) is 12. The number of methoxy groups -OCH3 is 1. The summed E-state index contributed by atoms with van der Waals surface area (Å²) in [7, 11) is -2.27. The summed E-state index contributed by atoms with van der Waals surface area (Å²) >= 11 is 1.46. The Hall–Kier alpha value is -3.30. The molecule has 1 fully saturated rings. The third-order valence-electron chi connectivity index (χ3n) is 7.43. The Labute approximate surface area is 247 Å². The Kier molecular flexibility index (Phi) is 8.71. The molecule has 0 bridgehead atoms. The lowest BCUT2D eigenvalue weighted by molar-refractivity contribution is 0.0216. The van der Waals surface area contributed by atoms with Crippen LogP contribution in [-0.2, 0) is 14.6 Å². The van der Waals surface area contributed by atoms with E-state index in [0.29, 0.717) is 41.2 Å². The number of nitrogens with one attached hydrogen (secondary N) is 2. The number of benzene rings is 1. The zero-order valence-electron chi connectivity index (χ0n) is 23.6. The van der Waals surface area contributed by atoms with Gasteiger partial charge in [0.15, 0.2) is 9.84 Å². The van der Waals surface area contributed by atoms with Crippen LogP contribution < -0.4 is 10.6 Å². The minimum atomic E-state index is -3.86. The summed E-state index contributed by atoms with van der Waals surface area (Å²) in [6.45, 7) is 6.11. The van der Waals surface area contributed by atoms with Crippen LogP contribution in [0.3, 0.4) is 0 Å². The van der Waals surface area contributed by atoms with Crippen molar-refractivity contribution in [3.05, 3.63) is 53.2 Å². The van der Waals surface area contributed by atoms with Crippen LogP contribution >= 0.6 is 11.3 Å². The van der Waals surface area contributed by atoms with Crippen molar-refractivity contribution in [2.24, 2.45) is 5.92 Å². The van der Waals surface area contributed by atoms with E-state index in [1.54, 1.807) is 13.3 Å². The maximum atomic E-state index is 13.7. The first-order valence-corrected chi connectivity index (χ1v) is 15.9. The van der Waals surface area contributed by atoms with Crippen LogP contribution in [0.4, 0.5) is 16.2 Å². The third-order valence-corrected chi connectivity index (χ3v) is 10.3. The van der Waals surface area contributed by atoms with Gasteiger partial charge in [-0.2, -0.15) is 4.98 Å². The summed E-state index contributed by atoms with van der Waals surface area (Å²) in [5.41, 5.74) is 3.03. The topological polar surface area (TPSA) is 159 Å². The van der Waals surface area contributed by atoms with Crippen LogP contribution in [0.5, 0.6) is 0 Å². The number of hydrogen-bond donors (Lipinski definition) is 4. The van der Waals surface area contributed by atoms with Crippen molar-refractivity contribution >= 4 is 43.2 Å². The largest absolute Gasteiger partial charge is 0.390 e. The van der Waals surface area contributed by atoms with Crippen molar-refractivity contribution in [3.63, 3.8) is 0 Å². The summed E-state index contributed by atoms with van der Waals surface area (Å²) in [4.78, 5) is 18.4. The maximum absolute atomic E-state index is 13.7. The molecule has 11 nitrogen and oxygen atoms in total. The number of anilines is 2. The molecule has 0 saturated heterocycles. The van der Waals surface area contributed by atoms with Crippen molar-refractivity contribution in [2.75, 3.05) is 36.6 Å². The predicted octanol–water partition coefficient (Wildman–Crippen LogP) is 3.27. The van der Waals surface area contributed by atoms with E-state index in [0.717, 1.165) is 22.0 Å². The van der Waals surface area contributed by atoms with Gasteiger partial charge in [0.1, 0.15) is 28.3 Å². The van der Waals surface area contributed by atoms with E-state index in [1.165, 1.54) is 30.4 Å². The van der Waals surface area contributed by atoms with Crippen molar-refractivity contribution < 1.29 is 27.8 Å². The fourth-order valence-electron chi connectivity index (χ4n) is 5.16. The van der Waals surface area contributed by atoms with Crippen LogP contribution in [0.15, 0.2) is 35.4 Å². The van der Waals surface area contributed by atoms with E-state index in [1.807, 2.05) is 19.9 Å². The number of fused-ring (bicyclic) bond motifs is 1. The summed E-state index contributed by atoms with van der Waals surface area (Å²) in [6.07, 6.45) is -0.696. The Morgan fingerprint density at radius 1 is 1.10 bits per heavy atom. The number of ether oxygens (including phenoxy) is 1. The number of aliphatic hydroxyl groups excluding tert-OH is 2. The highest BCUT2D eigenvalue weighted by atomic mass is 32.2. The molecule has 0 radical (unpaired) electrons. The zero-order valence-corrected chi connectivity index (χ0v) is 25.3. The number of rotatable bonds is 10. The van der Waals surface area contributed by atoms with E-state index < -0.39 is 45.6 Å². The Balaban J connectivity index is 1.45. The van der Waals surface area contributed by atoms with Crippen LogP contribution in [0.25, 0.3) is 20.8 Å². The van der Waals surface area contributed by atoms with Crippen LogP contribution in [0.2, 0.25) is 0 Å². The maximum Gasteiger partial charge on any atom is 0.224 e. The lowest BCUT2D eigenvalue weighted by atomic mass is 10.1. The highest BCUT2D eigenvalue weighted by molar-refractivity contribution is 7.91. The van der Waals surface area contributed by atoms with Crippen LogP contribution in [0.1, 0.15) is 23.4 Å². The van der Waals surface area contributed by atoms with Crippen molar-refractivity contribution in [1.82, 2.24) is 19.9 Å². The second kappa shape index (κ2) is 12.1. The average Bonchev–Trinajstić information content (AvgIpc) is 3.47. The molecule has 0 spiro atoms. The lowest BCUT2D eigenvalue weighted by Gasteiger charge is -2.21. The number of sulfone groups is 1. The second-order valence-corrected chi connectivity index (χ2v) is 13.5. The molecule has 0 unspecified atom stereocenters. The fourth-order valence-corrected chi connectivity index (χ4v) is 8.00. The molecule has 1 aliphatic rings. The number of pyridine rings is 1. The Bertz CT molecular complexity index is 1720. The first kappa shape index (κ1) is 30.2. The normalized spacial score (nSPS) is 20.7. The minimum Gasteiger partial charge on any atom is -0.390 e. The number of thiazole rings is 1. The zero-order chi connectivity index (χ0) is 30.2. The van der Waals surface area contributed by atoms with Crippen molar-refractivity contribution in [2.45, 2.75) is 50.3 Å². The predicted molar refractivity (Wildman–Crippen MR) is 159 cm³/mol. The first-order valence-electron chi connectivity index (χ1n) is 13.4. The van der Waals surface area contributed by atoms with E-state index in [2.05, 4.69) is 25.6 Å². The fraction of sp³-hybridized carbons (Fsp3) is 0.429. The first-order chi connectivity index (χ1) is 20.0. The van der Waals surface area contributed by atoms with Gasteiger partial charge in [-0.1, -0.05) is 0 Å². The van der Waals surface area contributed by atoms with Gasteiger partial charge in [0, 0.05) is 25.8 Å². The van der Waals surface area contributed by atoms with Gasteiger partial charge < -0.3 is 25.6 Å². The molecule has 0 amide bonds. The summed E-state index contributed by atoms with van der Waals surface area (Å²) < 4.78 is 46.1. The Morgan fingerprint density at radius 2 is 1.88 bits per heavy atom. The monoisotopic (exact) mass is 616 g/mol. The van der Waals surface area contributed by atoms with Gasteiger partial charge in [-0.05, 0) is 57.0 Å². The standard InChI is InChI=1S/C28H33FN6O5S2/c1-14-11-18(5-6-19(14)29)42(38,39)13-17-12-20(25(37)24(17)36)33-26-22(15(2)32-28(35-26)31-9-10-40-4)27-34-23-16(3)30-8-7-21(23)41-27/h5-8,11,17,20,24-25,36-37H,9-10,12-13H2,1-4H3,(H2,31,32,33,35)/t17-,20-,24-,25+/m1/s1. The molecule has 4 atom stereocenters.